The van der Waals surface area contributed by atoms with Gasteiger partial charge < -0.3 is 16.0 Å². The molecule has 1 saturated heterocycles. The maximum atomic E-state index is 12.9. The van der Waals surface area contributed by atoms with Crippen molar-refractivity contribution >= 4 is 39.3 Å². The summed E-state index contributed by atoms with van der Waals surface area (Å²) < 4.78 is 2.62. The first-order chi connectivity index (χ1) is 13.0. The molecule has 1 aromatic carbocycles. The van der Waals surface area contributed by atoms with Crippen LogP contribution in [0.1, 0.15) is 12.0 Å². The highest BCUT2D eigenvalue weighted by Gasteiger charge is 2.33. The van der Waals surface area contributed by atoms with Crippen LogP contribution in [0.4, 0.5) is 17.5 Å². The second-order valence-electron chi connectivity index (χ2n) is 6.33. The Morgan fingerprint density at radius 3 is 2.89 bits per heavy atom. The summed E-state index contributed by atoms with van der Waals surface area (Å²) in [4.78, 5) is 23.0. The molecule has 1 aliphatic heterocycles. The fourth-order valence-corrected chi connectivity index (χ4v) is 3.34. The number of nitrogens with two attached hydrogens (primary N) is 1. The molecule has 3 N–H and O–H groups in total. The zero-order valence-electron chi connectivity index (χ0n) is 14.6. The van der Waals surface area contributed by atoms with E-state index in [0.29, 0.717) is 24.6 Å². The molecule has 1 fully saturated rings. The molecule has 2 aromatic heterocycles. The summed E-state index contributed by atoms with van der Waals surface area (Å²) in [5.74, 6) is 1.17. The van der Waals surface area contributed by atoms with Crippen LogP contribution >= 0.6 is 15.9 Å². The number of aromatic nitrogens is 4. The second kappa shape index (κ2) is 6.99. The third kappa shape index (κ3) is 3.50. The van der Waals surface area contributed by atoms with E-state index in [-0.39, 0.29) is 17.9 Å². The SMILES string of the molecule is Cc1cc(N2CCC(Nc3cc(-n4cccn4)nc(N)n3)C2=O)ccc1Br. The van der Waals surface area contributed by atoms with Crippen molar-refractivity contribution in [2.24, 2.45) is 0 Å². The van der Waals surface area contributed by atoms with Gasteiger partial charge in [-0.15, -0.1) is 0 Å². The molecule has 1 atom stereocenters. The number of anilines is 3. The van der Waals surface area contributed by atoms with Crippen molar-refractivity contribution in [3.8, 4) is 5.82 Å². The number of carbonyl (C=O) groups is 1. The Morgan fingerprint density at radius 1 is 1.30 bits per heavy atom. The molecule has 0 spiro atoms. The molecule has 8 nitrogen and oxygen atoms in total. The van der Waals surface area contributed by atoms with Crippen LogP contribution in [-0.2, 0) is 4.79 Å². The predicted molar refractivity (Wildman–Crippen MR) is 107 cm³/mol. The molecule has 3 heterocycles. The summed E-state index contributed by atoms with van der Waals surface area (Å²) in [7, 11) is 0. The average molecular weight is 428 g/mol. The monoisotopic (exact) mass is 427 g/mol. The van der Waals surface area contributed by atoms with Crippen molar-refractivity contribution < 1.29 is 4.79 Å². The molecule has 4 rings (SSSR count). The van der Waals surface area contributed by atoms with Gasteiger partial charge >= 0.3 is 0 Å². The fourth-order valence-electron chi connectivity index (χ4n) is 3.09. The summed E-state index contributed by atoms with van der Waals surface area (Å²) in [6.07, 6.45) is 4.10. The molecule has 138 valence electrons. The standard InChI is InChI=1S/C18H18BrN7O/c1-11-9-12(3-4-13(11)19)25-8-5-14(17(25)27)22-15-10-16(24-18(20)23-15)26-7-2-6-21-26/h2-4,6-7,9-10,14H,5,8H2,1H3,(H3,20,22,23,24). The van der Waals surface area contributed by atoms with Crippen LogP contribution < -0.4 is 16.0 Å². The van der Waals surface area contributed by atoms with Crippen molar-refractivity contribution in [3.63, 3.8) is 0 Å². The first-order valence-corrected chi connectivity index (χ1v) is 9.29. The summed E-state index contributed by atoms with van der Waals surface area (Å²) in [5, 5.41) is 7.33. The van der Waals surface area contributed by atoms with Crippen molar-refractivity contribution in [3.05, 3.63) is 52.8 Å². The number of hydrogen-bond acceptors (Lipinski definition) is 6. The van der Waals surface area contributed by atoms with Crippen LogP contribution in [0.25, 0.3) is 5.82 Å². The van der Waals surface area contributed by atoms with Gasteiger partial charge in [0.2, 0.25) is 11.9 Å². The Balaban J connectivity index is 1.54. The highest BCUT2D eigenvalue weighted by Crippen LogP contribution is 2.27. The topological polar surface area (TPSA) is 102 Å². The quantitative estimate of drug-likeness (QED) is 0.662. The number of hydrogen-bond donors (Lipinski definition) is 2. The van der Waals surface area contributed by atoms with E-state index in [2.05, 4.69) is 36.3 Å². The largest absolute Gasteiger partial charge is 0.368 e. The number of halogens is 1. The highest BCUT2D eigenvalue weighted by molar-refractivity contribution is 9.10. The van der Waals surface area contributed by atoms with Crippen LogP contribution in [0.3, 0.4) is 0 Å². The first-order valence-electron chi connectivity index (χ1n) is 8.50. The van der Waals surface area contributed by atoms with Crippen LogP contribution in [-0.4, -0.2) is 38.2 Å². The molecule has 0 bridgehead atoms. The molecule has 3 aromatic rings. The third-order valence-electron chi connectivity index (χ3n) is 4.45. The molecule has 0 saturated carbocycles. The maximum Gasteiger partial charge on any atom is 0.249 e. The van der Waals surface area contributed by atoms with Crippen LogP contribution in [0.2, 0.25) is 0 Å². The Hall–Kier alpha value is -2.94. The Kier molecular flexibility index (Phi) is 4.53. The van der Waals surface area contributed by atoms with E-state index in [9.17, 15) is 4.79 Å². The van der Waals surface area contributed by atoms with Gasteiger partial charge in [-0.1, -0.05) is 15.9 Å². The first kappa shape index (κ1) is 17.5. The predicted octanol–water partition coefficient (Wildman–Crippen LogP) is 2.53. The minimum atomic E-state index is -0.367. The molecule has 1 aliphatic rings. The Bertz CT molecular complexity index is 989. The number of benzene rings is 1. The normalized spacial score (nSPS) is 16.7. The lowest BCUT2D eigenvalue weighted by molar-refractivity contribution is -0.117. The average Bonchev–Trinajstić information content (AvgIpc) is 3.28. The van der Waals surface area contributed by atoms with Gasteiger partial charge in [0.1, 0.15) is 11.9 Å². The van der Waals surface area contributed by atoms with Crippen LogP contribution in [0.15, 0.2) is 47.2 Å². The van der Waals surface area contributed by atoms with E-state index in [0.717, 1.165) is 15.7 Å². The molecular weight excluding hydrogens is 410 g/mol. The summed E-state index contributed by atoms with van der Waals surface area (Å²) in [5.41, 5.74) is 7.80. The number of nitrogens with zero attached hydrogens (tertiary/aromatic N) is 5. The Labute approximate surface area is 164 Å². The number of amides is 1. The lowest BCUT2D eigenvalue weighted by Crippen LogP contribution is -2.33. The minimum absolute atomic E-state index is 0.00884. The Morgan fingerprint density at radius 2 is 2.15 bits per heavy atom. The molecule has 0 aliphatic carbocycles. The molecule has 1 amide bonds. The van der Waals surface area contributed by atoms with Gasteiger partial charge in [0.05, 0.1) is 0 Å². The van der Waals surface area contributed by atoms with Crippen molar-refractivity contribution in [1.82, 2.24) is 19.7 Å². The lowest BCUT2D eigenvalue weighted by atomic mass is 10.2. The van der Waals surface area contributed by atoms with Gasteiger partial charge in [-0.05, 0) is 43.2 Å². The van der Waals surface area contributed by atoms with Crippen molar-refractivity contribution in [1.29, 1.82) is 0 Å². The van der Waals surface area contributed by atoms with E-state index < -0.39 is 0 Å². The number of nitrogens with one attached hydrogen (secondary N) is 1. The van der Waals surface area contributed by atoms with E-state index in [1.165, 1.54) is 0 Å². The van der Waals surface area contributed by atoms with Crippen molar-refractivity contribution in [2.75, 3.05) is 22.5 Å². The minimum Gasteiger partial charge on any atom is -0.368 e. The van der Waals surface area contributed by atoms with Gasteiger partial charge in [-0.2, -0.15) is 15.1 Å². The number of carbonyl (C=O) groups excluding carboxylic acids is 1. The fraction of sp³-hybridized carbons (Fsp3) is 0.222. The zero-order valence-corrected chi connectivity index (χ0v) is 16.2. The number of aryl methyl sites for hydroxylation is 1. The molecular formula is C18H18BrN7O. The number of nitrogen functional groups attached to an aromatic ring is 1. The molecule has 27 heavy (non-hydrogen) atoms. The van der Waals surface area contributed by atoms with Crippen molar-refractivity contribution in [2.45, 2.75) is 19.4 Å². The van der Waals surface area contributed by atoms with Crippen LogP contribution in [0, 0.1) is 6.92 Å². The molecule has 1 unspecified atom stereocenters. The summed E-state index contributed by atoms with van der Waals surface area (Å²) in [6.45, 7) is 2.65. The van der Waals surface area contributed by atoms with Gasteiger partial charge in [0.15, 0.2) is 5.82 Å². The van der Waals surface area contributed by atoms with E-state index >= 15 is 0 Å². The molecule has 9 heteroatoms. The van der Waals surface area contributed by atoms with Crippen LogP contribution in [0.5, 0.6) is 0 Å². The zero-order chi connectivity index (χ0) is 19.0. The molecule has 0 radical (unpaired) electrons. The number of rotatable bonds is 4. The summed E-state index contributed by atoms with van der Waals surface area (Å²) >= 11 is 3.49. The van der Waals surface area contributed by atoms with E-state index in [1.54, 1.807) is 34.1 Å². The lowest BCUT2D eigenvalue weighted by Gasteiger charge is -2.18. The van der Waals surface area contributed by atoms with Gasteiger partial charge in [0, 0.05) is 35.2 Å². The maximum absolute atomic E-state index is 12.9. The smallest absolute Gasteiger partial charge is 0.249 e. The second-order valence-corrected chi connectivity index (χ2v) is 7.18. The van der Waals surface area contributed by atoms with Gasteiger partial charge in [-0.3, -0.25) is 4.79 Å². The van der Waals surface area contributed by atoms with E-state index in [1.807, 2.05) is 25.1 Å². The highest BCUT2D eigenvalue weighted by atomic mass is 79.9. The van der Waals surface area contributed by atoms with E-state index in [4.69, 9.17) is 5.73 Å². The van der Waals surface area contributed by atoms with Gasteiger partial charge in [0.25, 0.3) is 0 Å². The third-order valence-corrected chi connectivity index (χ3v) is 5.34. The van der Waals surface area contributed by atoms with Gasteiger partial charge in [-0.25, -0.2) is 4.68 Å². The summed E-state index contributed by atoms with van der Waals surface area (Å²) in [6, 6.07) is 9.06.